The second-order valence-electron chi connectivity index (χ2n) is 3.25. The summed E-state index contributed by atoms with van der Waals surface area (Å²) in [6, 6.07) is 5.71. The van der Waals surface area contributed by atoms with E-state index < -0.39 is 10.8 Å². The van der Waals surface area contributed by atoms with Crippen LogP contribution < -0.4 is 16.0 Å². The number of nitrogens with two attached hydrogens (primary N) is 1. The molecule has 0 saturated heterocycles. The van der Waals surface area contributed by atoms with Gasteiger partial charge in [-0.3, -0.25) is 19.7 Å². The van der Waals surface area contributed by atoms with Crippen molar-refractivity contribution in [3.8, 4) is 5.75 Å². The SMILES string of the molecule is NC(=O)CONCCOc1ccc([N+](=O)[O-])cc1. The van der Waals surface area contributed by atoms with Crippen LogP contribution in [0.5, 0.6) is 5.75 Å². The molecule has 8 heteroatoms. The van der Waals surface area contributed by atoms with Gasteiger partial charge in [0.1, 0.15) is 19.0 Å². The monoisotopic (exact) mass is 255 g/mol. The molecule has 98 valence electrons. The lowest BCUT2D eigenvalue weighted by Crippen LogP contribution is -2.27. The van der Waals surface area contributed by atoms with Gasteiger partial charge >= 0.3 is 0 Å². The number of nitrogens with one attached hydrogen (secondary N) is 1. The van der Waals surface area contributed by atoms with Gasteiger partial charge in [0.25, 0.3) is 5.69 Å². The van der Waals surface area contributed by atoms with Crippen LogP contribution in [-0.2, 0) is 9.63 Å². The molecule has 0 spiro atoms. The van der Waals surface area contributed by atoms with Gasteiger partial charge in [0, 0.05) is 12.1 Å². The molecule has 0 atom stereocenters. The van der Waals surface area contributed by atoms with E-state index in [9.17, 15) is 14.9 Å². The minimum Gasteiger partial charge on any atom is -0.492 e. The maximum Gasteiger partial charge on any atom is 0.269 e. The number of nitrogens with zero attached hydrogens (tertiary/aromatic N) is 1. The molecule has 0 radical (unpaired) electrons. The number of amides is 1. The second kappa shape index (κ2) is 7.20. The number of carbonyl (C=O) groups excluding carboxylic acids is 1. The molecule has 0 heterocycles. The third-order valence-corrected chi connectivity index (χ3v) is 1.84. The average Bonchev–Trinajstić information content (AvgIpc) is 2.34. The summed E-state index contributed by atoms with van der Waals surface area (Å²) < 4.78 is 5.27. The number of hydrogen-bond acceptors (Lipinski definition) is 6. The normalized spacial score (nSPS) is 10.0. The number of ether oxygens (including phenoxy) is 1. The number of hydrogen-bond donors (Lipinski definition) is 2. The van der Waals surface area contributed by atoms with Crippen molar-refractivity contribution >= 4 is 11.6 Å². The first kappa shape index (κ1) is 13.9. The third kappa shape index (κ3) is 5.23. The number of benzene rings is 1. The van der Waals surface area contributed by atoms with E-state index in [-0.39, 0.29) is 18.9 Å². The van der Waals surface area contributed by atoms with Gasteiger partial charge in [-0.2, -0.15) is 5.48 Å². The molecule has 0 saturated carbocycles. The van der Waals surface area contributed by atoms with Crippen LogP contribution in [0.3, 0.4) is 0 Å². The Labute approximate surface area is 103 Å². The number of primary amides is 1. The zero-order chi connectivity index (χ0) is 13.4. The number of non-ortho nitro benzene ring substituents is 1. The summed E-state index contributed by atoms with van der Waals surface area (Å²) >= 11 is 0. The Morgan fingerprint density at radius 1 is 1.39 bits per heavy atom. The summed E-state index contributed by atoms with van der Waals surface area (Å²) in [5.74, 6) is -0.0592. The molecule has 0 aliphatic heterocycles. The van der Waals surface area contributed by atoms with Crippen molar-refractivity contribution < 1.29 is 19.3 Å². The molecule has 1 aromatic carbocycles. The van der Waals surface area contributed by atoms with Crippen LogP contribution in [-0.4, -0.2) is 30.6 Å². The van der Waals surface area contributed by atoms with E-state index in [0.29, 0.717) is 12.3 Å². The predicted molar refractivity (Wildman–Crippen MR) is 61.7 cm³/mol. The molecule has 8 nitrogen and oxygen atoms in total. The maximum absolute atomic E-state index is 10.4. The molecular formula is C10H13N3O5. The smallest absolute Gasteiger partial charge is 0.269 e. The van der Waals surface area contributed by atoms with Crippen molar-refractivity contribution in [3.63, 3.8) is 0 Å². The van der Waals surface area contributed by atoms with E-state index >= 15 is 0 Å². The molecule has 3 N–H and O–H groups in total. The van der Waals surface area contributed by atoms with Crippen molar-refractivity contribution in [2.24, 2.45) is 5.73 Å². The Balaban J connectivity index is 2.19. The fraction of sp³-hybridized carbons (Fsp3) is 0.300. The Morgan fingerprint density at radius 2 is 2.06 bits per heavy atom. The highest BCUT2D eigenvalue weighted by Gasteiger charge is 2.03. The molecule has 1 aromatic rings. The van der Waals surface area contributed by atoms with Crippen LogP contribution in [0.4, 0.5) is 5.69 Å². The molecule has 1 amide bonds. The van der Waals surface area contributed by atoms with Crippen LogP contribution in [0.2, 0.25) is 0 Å². The van der Waals surface area contributed by atoms with Crippen LogP contribution in [0, 0.1) is 10.1 Å². The predicted octanol–water partition coefficient (Wildman–Crippen LogP) is -0.0199. The highest BCUT2D eigenvalue weighted by molar-refractivity contribution is 5.74. The summed E-state index contributed by atoms with van der Waals surface area (Å²) in [6.45, 7) is 0.429. The zero-order valence-corrected chi connectivity index (χ0v) is 9.50. The van der Waals surface area contributed by atoms with Crippen molar-refractivity contribution in [2.75, 3.05) is 19.8 Å². The quantitative estimate of drug-likeness (QED) is 0.383. The highest BCUT2D eigenvalue weighted by Crippen LogP contribution is 2.16. The second-order valence-corrected chi connectivity index (χ2v) is 3.25. The van der Waals surface area contributed by atoms with Crippen LogP contribution in [0.15, 0.2) is 24.3 Å². The summed E-state index contributed by atoms with van der Waals surface area (Å²) in [7, 11) is 0. The van der Waals surface area contributed by atoms with Gasteiger partial charge in [0.15, 0.2) is 0 Å². The number of carbonyl (C=O) groups is 1. The molecule has 0 unspecified atom stereocenters. The van der Waals surface area contributed by atoms with Gasteiger partial charge < -0.3 is 10.5 Å². The van der Waals surface area contributed by atoms with Gasteiger partial charge in [0.05, 0.1) is 11.5 Å². The minimum atomic E-state index is -0.571. The largest absolute Gasteiger partial charge is 0.492 e. The van der Waals surface area contributed by atoms with Gasteiger partial charge in [-0.25, -0.2) is 0 Å². The number of nitro groups is 1. The van der Waals surface area contributed by atoms with E-state index in [4.69, 9.17) is 10.5 Å². The molecular weight excluding hydrogens is 242 g/mol. The van der Waals surface area contributed by atoms with E-state index in [1.165, 1.54) is 24.3 Å². The molecule has 1 rings (SSSR count). The van der Waals surface area contributed by atoms with Crippen LogP contribution >= 0.6 is 0 Å². The summed E-state index contributed by atoms with van der Waals surface area (Å²) in [5.41, 5.74) is 7.33. The standard InChI is InChI=1S/C10H13N3O5/c11-10(14)7-18-12-5-6-17-9-3-1-8(2-4-9)13(15)16/h1-4,12H,5-7H2,(H2,11,14). The molecule has 0 aliphatic rings. The lowest BCUT2D eigenvalue weighted by molar-refractivity contribution is -0.384. The zero-order valence-electron chi connectivity index (χ0n) is 9.50. The number of hydroxylamine groups is 1. The molecule has 0 bridgehead atoms. The first-order valence-electron chi connectivity index (χ1n) is 5.10. The van der Waals surface area contributed by atoms with Gasteiger partial charge in [-0.05, 0) is 12.1 Å². The van der Waals surface area contributed by atoms with E-state index in [0.717, 1.165) is 0 Å². The maximum atomic E-state index is 10.4. The summed E-state index contributed by atoms with van der Waals surface area (Å²) in [5, 5.41) is 10.4. The van der Waals surface area contributed by atoms with Crippen LogP contribution in [0.1, 0.15) is 0 Å². The number of rotatable bonds is 8. The first-order chi connectivity index (χ1) is 8.59. The highest BCUT2D eigenvalue weighted by atomic mass is 16.6. The summed E-state index contributed by atoms with van der Waals surface area (Å²) in [6.07, 6.45) is 0. The molecule has 0 aromatic heterocycles. The topological polar surface area (TPSA) is 117 Å². The Morgan fingerprint density at radius 3 is 2.61 bits per heavy atom. The van der Waals surface area contributed by atoms with Gasteiger partial charge in [-0.1, -0.05) is 0 Å². The third-order valence-electron chi connectivity index (χ3n) is 1.84. The molecule has 18 heavy (non-hydrogen) atoms. The molecule has 0 aliphatic carbocycles. The summed E-state index contributed by atoms with van der Waals surface area (Å²) in [4.78, 5) is 24.9. The van der Waals surface area contributed by atoms with Crippen molar-refractivity contribution in [1.29, 1.82) is 0 Å². The Hall–Kier alpha value is -2.19. The van der Waals surface area contributed by atoms with Crippen molar-refractivity contribution in [1.82, 2.24) is 5.48 Å². The van der Waals surface area contributed by atoms with E-state index in [1.807, 2.05) is 0 Å². The fourth-order valence-corrected chi connectivity index (χ4v) is 1.07. The first-order valence-corrected chi connectivity index (χ1v) is 5.10. The lowest BCUT2D eigenvalue weighted by atomic mass is 10.3. The van der Waals surface area contributed by atoms with E-state index in [1.54, 1.807) is 0 Å². The fourth-order valence-electron chi connectivity index (χ4n) is 1.07. The van der Waals surface area contributed by atoms with Crippen molar-refractivity contribution in [2.45, 2.75) is 0 Å². The minimum absolute atomic E-state index is 0.00488. The van der Waals surface area contributed by atoms with Gasteiger partial charge in [0.2, 0.25) is 5.91 Å². The van der Waals surface area contributed by atoms with E-state index in [2.05, 4.69) is 10.3 Å². The Bertz CT molecular complexity index is 406. The Kier molecular flexibility index (Phi) is 5.55. The van der Waals surface area contributed by atoms with Gasteiger partial charge in [-0.15, -0.1) is 0 Å². The lowest BCUT2D eigenvalue weighted by Gasteiger charge is -2.06. The molecule has 0 fully saturated rings. The average molecular weight is 255 g/mol. The number of nitro benzene ring substituents is 1. The van der Waals surface area contributed by atoms with Crippen molar-refractivity contribution in [3.05, 3.63) is 34.4 Å². The van der Waals surface area contributed by atoms with Crippen LogP contribution in [0.25, 0.3) is 0 Å².